The molecule has 2 aromatic heterocycles. The number of nitrogens with one attached hydrogen (secondary N) is 1. The van der Waals surface area contributed by atoms with E-state index >= 15 is 0 Å². The van der Waals surface area contributed by atoms with E-state index in [1.54, 1.807) is 24.3 Å². The van der Waals surface area contributed by atoms with Gasteiger partial charge in [-0.1, -0.05) is 18.2 Å². The van der Waals surface area contributed by atoms with Gasteiger partial charge in [0.25, 0.3) is 14.4 Å². The van der Waals surface area contributed by atoms with E-state index in [1.165, 1.54) is 10.9 Å². The molecule has 4 atom stereocenters. The lowest BCUT2D eigenvalue weighted by Gasteiger charge is -2.37. The van der Waals surface area contributed by atoms with Gasteiger partial charge in [0.15, 0.2) is 17.0 Å². The van der Waals surface area contributed by atoms with Crippen molar-refractivity contribution in [3.8, 4) is 6.07 Å². The first kappa shape index (κ1) is 27.5. The zero-order chi connectivity index (χ0) is 28.8. The number of amides is 1. The van der Waals surface area contributed by atoms with Crippen LogP contribution < -0.4 is 5.32 Å². The second-order valence-electron chi connectivity index (χ2n) is 9.53. The third-order valence-corrected chi connectivity index (χ3v) is 8.26. The van der Waals surface area contributed by atoms with Crippen LogP contribution in [0, 0.1) is 11.3 Å². The Balaban J connectivity index is 1.58. The van der Waals surface area contributed by atoms with Crippen molar-refractivity contribution in [1.29, 1.82) is 5.26 Å². The Kier molecular flexibility index (Phi) is 9.42. The molecule has 0 spiro atoms. The van der Waals surface area contributed by atoms with E-state index in [9.17, 15) is 9.90 Å². The van der Waals surface area contributed by atoms with Gasteiger partial charge in [-0.05, 0) is 39.8 Å². The number of aliphatic hydroxyl groups excluding tert-OH is 1. The number of nitrogens with zero attached hydrogens (tertiary/aromatic N) is 6. The summed E-state index contributed by atoms with van der Waals surface area (Å²) in [4.78, 5) is 25.5. The fourth-order valence-corrected chi connectivity index (χ4v) is 6.16. The standard InChI is InChI=1S/C26H34N7O5P/c1-17(2)33(18(3)4)39(36-12-8-11-27)38-20-13-22(37-21(20)14-34)32-16-30-23-24(28-15-29-25(23)32)31-26(35)19-9-6-5-7-10-19/h5-7,9-10,15-18,20-22,34H,8,12-14H2,1-4H3,(H,28,29,31,35)/t20-,21+,22+,39?/m0/s1/i16D. The molecule has 1 aliphatic rings. The number of ether oxygens (including phenoxy) is 1. The molecule has 3 aromatic rings. The van der Waals surface area contributed by atoms with Crippen LogP contribution in [0.25, 0.3) is 11.2 Å². The summed E-state index contributed by atoms with van der Waals surface area (Å²) in [7, 11) is -1.57. The number of nitriles is 1. The molecule has 4 rings (SSSR count). The maximum Gasteiger partial charge on any atom is 0.259 e. The number of anilines is 1. The van der Waals surface area contributed by atoms with E-state index in [4.69, 9.17) is 20.4 Å². The molecule has 208 valence electrons. The zero-order valence-corrected chi connectivity index (χ0v) is 23.3. The summed E-state index contributed by atoms with van der Waals surface area (Å²) in [5.74, 6) is -0.188. The smallest absolute Gasteiger partial charge is 0.259 e. The minimum absolute atomic E-state index is 0.109. The Bertz CT molecular complexity index is 1330. The molecule has 0 radical (unpaired) electrons. The van der Waals surface area contributed by atoms with Crippen LogP contribution in [-0.2, 0) is 13.8 Å². The summed E-state index contributed by atoms with van der Waals surface area (Å²) < 4.78 is 30.8. The number of aromatic nitrogens is 4. The van der Waals surface area contributed by atoms with Crippen LogP contribution in [0.4, 0.5) is 5.82 Å². The Morgan fingerprint density at radius 1 is 1.31 bits per heavy atom. The van der Waals surface area contributed by atoms with Crippen LogP contribution >= 0.6 is 8.53 Å². The van der Waals surface area contributed by atoms with E-state index in [0.717, 1.165) is 0 Å². The molecule has 12 nitrogen and oxygen atoms in total. The molecule has 0 saturated carbocycles. The minimum atomic E-state index is -1.57. The number of aliphatic hydroxyl groups is 1. The summed E-state index contributed by atoms with van der Waals surface area (Å²) in [5, 5.41) is 21.9. The third kappa shape index (κ3) is 6.76. The number of imidazole rings is 1. The largest absolute Gasteiger partial charge is 0.394 e. The fourth-order valence-electron chi connectivity index (χ4n) is 4.40. The molecule has 1 amide bonds. The molecule has 1 saturated heterocycles. The highest BCUT2D eigenvalue weighted by atomic mass is 31.2. The molecular formula is C26H34N7O5P. The van der Waals surface area contributed by atoms with Gasteiger partial charge in [-0.25, -0.2) is 19.6 Å². The van der Waals surface area contributed by atoms with Crippen molar-refractivity contribution < 1.29 is 25.1 Å². The lowest BCUT2D eigenvalue weighted by molar-refractivity contribution is -0.0411. The van der Waals surface area contributed by atoms with E-state index in [-0.39, 0.29) is 55.3 Å². The van der Waals surface area contributed by atoms with Gasteiger partial charge < -0.3 is 24.2 Å². The summed E-state index contributed by atoms with van der Waals surface area (Å²) in [6.07, 6.45) is -0.278. The Morgan fingerprint density at radius 2 is 2.05 bits per heavy atom. The SMILES string of the molecule is [2H]c1nc2c(NC(=O)c3ccccc3)ncnc2n1[C@H]1C[C@H](OP(OCCC#N)N(C(C)C)C(C)C)[C@@H](CO)O1. The van der Waals surface area contributed by atoms with Crippen molar-refractivity contribution >= 4 is 31.4 Å². The molecule has 1 unspecified atom stereocenters. The molecular weight excluding hydrogens is 521 g/mol. The van der Waals surface area contributed by atoms with Crippen LogP contribution in [0.2, 0.25) is 0 Å². The molecule has 1 fully saturated rings. The zero-order valence-electron chi connectivity index (χ0n) is 23.4. The van der Waals surface area contributed by atoms with Crippen molar-refractivity contribution in [3.63, 3.8) is 0 Å². The van der Waals surface area contributed by atoms with Crippen LogP contribution in [0.1, 0.15) is 58.5 Å². The quantitative estimate of drug-likeness (QED) is 0.248. The summed E-state index contributed by atoms with van der Waals surface area (Å²) in [5.41, 5.74) is 1.01. The van der Waals surface area contributed by atoms with E-state index in [1.807, 2.05) is 33.8 Å². The van der Waals surface area contributed by atoms with Gasteiger partial charge in [0.2, 0.25) is 0 Å². The monoisotopic (exact) mass is 556 g/mol. The van der Waals surface area contributed by atoms with Crippen LogP contribution in [0.15, 0.2) is 43.0 Å². The second kappa shape index (κ2) is 13.3. The fraction of sp³-hybridized carbons (Fsp3) is 0.500. The van der Waals surface area contributed by atoms with Crippen LogP contribution in [0.5, 0.6) is 0 Å². The van der Waals surface area contributed by atoms with E-state index < -0.39 is 27.0 Å². The van der Waals surface area contributed by atoms with Crippen LogP contribution in [-0.4, -0.2) is 72.7 Å². The predicted octanol–water partition coefficient (Wildman–Crippen LogP) is 4.02. The van der Waals surface area contributed by atoms with Gasteiger partial charge in [-0.15, -0.1) is 0 Å². The minimum Gasteiger partial charge on any atom is -0.394 e. The summed E-state index contributed by atoms with van der Waals surface area (Å²) in [6.45, 7) is 8.09. The predicted molar refractivity (Wildman–Crippen MR) is 145 cm³/mol. The summed E-state index contributed by atoms with van der Waals surface area (Å²) >= 11 is 0. The number of hydrogen-bond acceptors (Lipinski definition) is 10. The number of carbonyl (C=O) groups is 1. The van der Waals surface area contributed by atoms with Crippen molar-refractivity contribution in [2.45, 2.75) is 71.1 Å². The van der Waals surface area contributed by atoms with Crippen molar-refractivity contribution in [1.82, 2.24) is 24.2 Å². The Morgan fingerprint density at radius 3 is 2.72 bits per heavy atom. The lowest BCUT2D eigenvalue weighted by atomic mass is 10.2. The van der Waals surface area contributed by atoms with Gasteiger partial charge in [0.1, 0.15) is 20.0 Å². The Labute approximate surface area is 230 Å². The molecule has 1 aliphatic heterocycles. The maximum absolute atomic E-state index is 12.7. The van der Waals surface area contributed by atoms with Gasteiger partial charge in [-0.2, -0.15) is 5.26 Å². The maximum atomic E-state index is 12.7. The molecule has 3 heterocycles. The van der Waals surface area contributed by atoms with Gasteiger partial charge in [0, 0.05) is 24.1 Å². The molecule has 0 aliphatic carbocycles. The van der Waals surface area contributed by atoms with E-state index in [2.05, 4.69) is 31.0 Å². The normalized spacial score (nSPS) is 20.5. The number of hydrogen-bond donors (Lipinski definition) is 2. The Hall–Kier alpha value is -3.04. The summed E-state index contributed by atoms with van der Waals surface area (Å²) in [6, 6.07) is 11.0. The van der Waals surface area contributed by atoms with E-state index in [0.29, 0.717) is 17.6 Å². The van der Waals surface area contributed by atoms with Crippen molar-refractivity contribution in [3.05, 3.63) is 48.5 Å². The molecule has 2 N–H and O–H groups in total. The highest BCUT2D eigenvalue weighted by molar-refractivity contribution is 7.44. The number of fused-ring (bicyclic) bond motifs is 1. The topological polar surface area (TPSA) is 148 Å². The first-order valence-corrected chi connectivity index (χ1v) is 13.9. The van der Waals surface area contributed by atoms with Gasteiger partial charge in [0.05, 0.1) is 38.1 Å². The van der Waals surface area contributed by atoms with Crippen LogP contribution in [0.3, 0.4) is 0 Å². The number of carbonyl (C=O) groups excluding carboxylic acids is 1. The van der Waals surface area contributed by atoms with Crippen molar-refractivity contribution in [2.75, 3.05) is 18.5 Å². The highest BCUT2D eigenvalue weighted by Gasteiger charge is 2.41. The molecule has 39 heavy (non-hydrogen) atoms. The number of benzene rings is 1. The first-order chi connectivity index (χ1) is 19.2. The van der Waals surface area contributed by atoms with Crippen molar-refractivity contribution in [2.24, 2.45) is 0 Å². The lowest BCUT2D eigenvalue weighted by Crippen LogP contribution is -2.36. The third-order valence-electron chi connectivity index (χ3n) is 6.10. The average Bonchev–Trinajstić information content (AvgIpc) is 3.48. The average molecular weight is 557 g/mol. The first-order valence-electron chi connectivity index (χ1n) is 13.3. The molecule has 1 aromatic carbocycles. The molecule has 13 heteroatoms. The highest BCUT2D eigenvalue weighted by Crippen LogP contribution is 2.50. The van der Waals surface area contributed by atoms with Gasteiger partial charge in [-0.3, -0.25) is 9.36 Å². The second-order valence-corrected chi connectivity index (χ2v) is 10.9. The number of rotatable bonds is 12. The van der Waals surface area contributed by atoms with Gasteiger partial charge >= 0.3 is 0 Å². The molecule has 0 bridgehead atoms.